The third kappa shape index (κ3) is 4.35. The Morgan fingerprint density at radius 2 is 2.13 bits per heavy atom. The normalized spacial score (nSPS) is 14.8. The maximum atomic E-state index is 11.7. The molecule has 1 fully saturated rings. The summed E-state index contributed by atoms with van der Waals surface area (Å²) in [6.45, 7) is 0. The molecule has 0 bridgehead atoms. The summed E-state index contributed by atoms with van der Waals surface area (Å²) >= 11 is 1.06. The Hall–Kier alpha value is -2.29. The van der Waals surface area contributed by atoms with Crippen LogP contribution in [0.1, 0.15) is 25.7 Å². The van der Waals surface area contributed by atoms with Crippen LogP contribution in [0, 0.1) is 0 Å². The van der Waals surface area contributed by atoms with E-state index in [9.17, 15) is 9.59 Å². The number of amides is 3. The van der Waals surface area contributed by atoms with Gasteiger partial charge >= 0.3 is 6.03 Å². The summed E-state index contributed by atoms with van der Waals surface area (Å²) in [7, 11) is 0. The molecule has 2 aromatic heterocycles. The molecule has 1 aliphatic rings. The minimum absolute atomic E-state index is 0.0118. The first-order valence-corrected chi connectivity index (χ1v) is 8.30. The quantitative estimate of drug-likeness (QED) is 0.805. The fourth-order valence-electron chi connectivity index (χ4n) is 2.35. The third-order valence-electron chi connectivity index (χ3n) is 3.41. The van der Waals surface area contributed by atoms with Crippen LogP contribution in [0.3, 0.4) is 0 Å². The molecule has 0 aliphatic heterocycles. The first-order valence-electron chi connectivity index (χ1n) is 7.31. The van der Waals surface area contributed by atoms with E-state index in [0.29, 0.717) is 5.76 Å². The van der Waals surface area contributed by atoms with E-state index < -0.39 is 11.9 Å². The van der Waals surface area contributed by atoms with E-state index >= 15 is 0 Å². The van der Waals surface area contributed by atoms with Gasteiger partial charge in [0.25, 0.3) is 11.1 Å². The number of imide groups is 1. The Bertz CT molecular complexity index is 664. The van der Waals surface area contributed by atoms with Gasteiger partial charge in [-0.2, -0.15) is 0 Å². The lowest BCUT2D eigenvalue weighted by Crippen LogP contribution is -2.44. The molecular weight excluding hydrogens is 320 g/mol. The molecule has 2 heterocycles. The number of carbonyl (C=O) groups excluding carboxylic acids is 2. The van der Waals surface area contributed by atoms with Crippen LogP contribution >= 0.6 is 11.8 Å². The molecule has 1 aliphatic carbocycles. The van der Waals surface area contributed by atoms with Gasteiger partial charge in [0.05, 0.1) is 12.0 Å². The zero-order valence-electron chi connectivity index (χ0n) is 12.3. The molecule has 3 rings (SSSR count). The van der Waals surface area contributed by atoms with Crippen molar-refractivity contribution in [1.82, 2.24) is 20.8 Å². The number of hydrogen-bond donors (Lipinski definition) is 2. The minimum Gasteiger partial charge on any atom is -0.459 e. The Morgan fingerprint density at radius 1 is 1.30 bits per heavy atom. The number of nitrogens with zero attached hydrogens (tertiary/aromatic N) is 2. The van der Waals surface area contributed by atoms with Crippen LogP contribution < -0.4 is 10.6 Å². The Balaban J connectivity index is 1.42. The number of furan rings is 1. The van der Waals surface area contributed by atoms with Gasteiger partial charge in [-0.15, -0.1) is 10.2 Å². The van der Waals surface area contributed by atoms with Crippen molar-refractivity contribution < 1.29 is 18.4 Å². The number of carbonyl (C=O) groups is 2. The number of hydrogen-bond acceptors (Lipinski definition) is 7. The minimum atomic E-state index is -0.454. The van der Waals surface area contributed by atoms with Crippen molar-refractivity contribution in [3.8, 4) is 11.7 Å². The maximum Gasteiger partial charge on any atom is 0.321 e. The topological polar surface area (TPSA) is 110 Å². The molecule has 8 nitrogen and oxygen atoms in total. The van der Waals surface area contributed by atoms with Gasteiger partial charge in [-0.1, -0.05) is 24.6 Å². The fourth-order valence-corrected chi connectivity index (χ4v) is 2.91. The highest BCUT2D eigenvalue weighted by molar-refractivity contribution is 7.99. The van der Waals surface area contributed by atoms with Crippen LogP contribution in [0.15, 0.2) is 32.5 Å². The highest BCUT2D eigenvalue weighted by atomic mass is 32.2. The maximum absolute atomic E-state index is 11.7. The molecule has 0 aromatic carbocycles. The SMILES string of the molecule is O=C(CSc1nnc(-c2ccco2)o1)NC(=O)NC1CCCC1. The summed E-state index contributed by atoms with van der Waals surface area (Å²) in [6.07, 6.45) is 5.67. The highest BCUT2D eigenvalue weighted by Gasteiger charge is 2.19. The fraction of sp³-hybridized carbons (Fsp3) is 0.429. The summed E-state index contributed by atoms with van der Waals surface area (Å²) in [4.78, 5) is 23.4. The van der Waals surface area contributed by atoms with Gasteiger partial charge < -0.3 is 14.2 Å². The summed E-state index contributed by atoms with van der Waals surface area (Å²) in [5, 5.41) is 13.0. The first kappa shape index (κ1) is 15.6. The van der Waals surface area contributed by atoms with Gasteiger partial charge in [-0.05, 0) is 25.0 Å². The van der Waals surface area contributed by atoms with Gasteiger partial charge in [0.2, 0.25) is 5.91 Å². The molecule has 0 radical (unpaired) electrons. The summed E-state index contributed by atoms with van der Waals surface area (Å²) in [5.74, 6) is 0.308. The molecule has 3 amide bonds. The second-order valence-corrected chi connectivity index (χ2v) is 6.07. The molecule has 23 heavy (non-hydrogen) atoms. The zero-order valence-corrected chi connectivity index (χ0v) is 13.1. The molecular formula is C14H16N4O4S. The standard InChI is InChI=1S/C14H16N4O4S/c19-11(16-13(20)15-9-4-1-2-5-9)8-23-14-18-17-12(22-14)10-6-3-7-21-10/h3,6-7,9H,1-2,4-5,8H2,(H2,15,16,19,20). The lowest BCUT2D eigenvalue weighted by molar-refractivity contribution is -0.117. The molecule has 9 heteroatoms. The van der Waals surface area contributed by atoms with E-state index in [4.69, 9.17) is 8.83 Å². The predicted molar refractivity (Wildman–Crippen MR) is 81.7 cm³/mol. The summed E-state index contributed by atoms with van der Waals surface area (Å²) in [6, 6.07) is 3.12. The van der Waals surface area contributed by atoms with Crippen LogP contribution in [0.4, 0.5) is 4.79 Å². The number of thioether (sulfide) groups is 1. The lowest BCUT2D eigenvalue weighted by Gasteiger charge is -2.11. The van der Waals surface area contributed by atoms with Crippen molar-refractivity contribution in [2.75, 3.05) is 5.75 Å². The van der Waals surface area contributed by atoms with E-state index in [1.807, 2.05) is 0 Å². The Kier molecular flexibility index (Phi) is 4.96. The van der Waals surface area contributed by atoms with Crippen molar-refractivity contribution in [3.05, 3.63) is 18.4 Å². The summed E-state index contributed by atoms with van der Waals surface area (Å²) in [5.41, 5.74) is 0. The van der Waals surface area contributed by atoms with Gasteiger partial charge in [-0.3, -0.25) is 10.1 Å². The monoisotopic (exact) mass is 336 g/mol. The van der Waals surface area contributed by atoms with Crippen molar-refractivity contribution in [2.24, 2.45) is 0 Å². The lowest BCUT2D eigenvalue weighted by atomic mass is 10.2. The van der Waals surface area contributed by atoms with Crippen molar-refractivity contribution in [3.63, 3.8) is 0 Å². The van der Waals surface area contributed by atoms with Crippen molar-refractivity contribution in [2.45, 2.75) is 36.9 Å². The second kappa shape index (κ2) is 7.32. The van der Waals surface area contributed by atoms with E-state index in [0.717, 1.165) is 37.4 Å². The first-order chi connectivity index (χ1) is 11.2. The number of nitrogens with one attached hydrogen (secondary N) is 2. The van der Waals surface area contributed by atoms with E-state index in [1.54, 1.807) is 12.1 Å². The van der Waals surface area contributed by atoms with Crippen molar-refractivity contribution in [1.29, 1.82) is 0 Å². The summed E-state index contributed by atoms with van der Waals surface area (Å²) < 4.78 is 10.5. The second-order valence-electron chi connectivity index (χ2n) is 5.14. The Morgan fingerprint density at radius 3 is 2.87 bits per heavy atom. The van der Waals surface area contributed by atoms with Crippen LogP contribution in [0.5, 0.6) is 0 Å². The average molecular weight is 336 g/mol. The molecule has 0 saturated heterocycles. The van der Waals surface area contributed by atoms with Gasteiger partial charge in [0.15, 0.2) is 5.76 Å². The van der Waals surface area contributed by atoms with Gasteiger partial charge in [0.1, 0.15) is 0 Å². The largest absolute Gasteiger partial charge is 0.459 e. The average Bonchev–Trinajstić information content (AvgIpc) is 3.26. The number of rotatable bonds is 5. The zero-order chi connectivity index (χ0) is 16.1. The Labute approximate surface area is 136 Å². The third-order valence-corrected chi connectivity index (χ3v) is 4.23. The molecule has 2 aromatic rings. The molecule has 1 saturated carbocycles. The van der Waals surface area contributed by atoms with Crippen molar-refractivity contribution >= 4 is 23.7 Å². The molecule has 2 N–H and O–H groups in total. The van der Waals surface area contributed by atoms with Crippen LogP contribution in [0.25, 0.3) is 11.7 Å². The smallest absolute Gasteiger partial charge is 0.321 e. The number of aromatic nitrogens is 2. The van der Waals surface area contributed by atoms with E-state index in [-0.39, 0.29) is 22.9 Å². The van der Waals surface area contributed by atoms with Crippen LogP contribution in [-0.4, -0.2) is 33.9 Å². The molecule has 122 valence electrons. The van der Waals surface area contributed by atoms with Gasteiger partial charge in [-0.25, -0.2) is 4.79 Å². The van der Waals surface area contributed by atoms with Gasteiger partial charge in [0, 0.05) is 6.04 Å². The molecule has 0 spiro atoms. The predicted octanol–water partition coefficient (Wildman–Crippen LogP) is 2.19. The highest BCUT2D eigenvalue weighted by Crippen LogP contribution is 2.23. The number of urea groups is 1. The molecule has 0 unspecified atom stereocenters. The van der Waals surface area contributed by atoms with E-state index in [1.165, 1.54) is 6.26 Å². The van der Waals surface area contributed by atoms with E-state index in [2.05, 4.69) is 20.8 Å². The van der Waals surface area contributed by atoms with Crippen LogP contribution in [-0.2, 0) is 4.79 Å². The van der Waals surface area contributed by atoms with Crippen LogP contribution in [0.2, 0.25) is 0 Å². The molecule has 0 atom stereocenters.